The van der Waals surface area contributed by atoms with Gasteiger partial charge < -0.3 is 14.7 Å². The van der Waals surface area contributed by atoms with E-state index >= 15 is 0 Å². The van der Waals surface area contributed by atoms with Crippen LogP contribution < -0.4 is 0 Å². The lowest BCUT2D eigenvalue weighted by molar-refractivity contribution is 0.0123. The third-order valence-corrected chi connectivity index (χ3v) is 3.95. The molecule has 4 heteroatoms. The molecule has 104 valence electrons. The first-order chi connectivity index (χ1) is 8.16. The van der Waals surface area contributed by atoms with Gasteiger partial charge in [0, 0.05) is 13.1 Å². The number of carbonyl (C=O) groups excluding carboxylic acids is 1. The lowest BCUT2D eigenvalue weighted by Gasteiger charge is -2.35. The second-order valence-corrected chi connectivity index (χ2v) is 7.14. The van der Waals surface area contributed by atoms with Crippen LogP contribution in [0.4, 0.5) is 4.79 Å². The predicted molar refractivity (Wildman–Crippen MR) is 69.3 cm³/mol. The van der Waals surface area contributed by atoms with Crippen LogP contribution in [-0.4, -0.2) is 40.4 Å². The van der Waals surface area contributed by atoms with E-state index in [4.69, 9.17) is 4.74 Å². The Morgan fingerprint density at radius 2 is 1.94 bits per heavy atom. The number of hydrogen-bond donors (Lipinski definition) is 1. The molecular formula is C14H25NO3. The maximum atomic E-state index is 12.0. The van der Waals surface area contributed by atoms with E-state index in [1.807, 2.05) is 27.7 Å². The maximum Gasteiger partial charge on any atom is 0.410 e. The van der Waals surface area contributed by atoms with E-state index in [0.717, 1.165) is 32.4 Å². The molecular weight excluding hydrogens is 230 g/mol. The summed E-state index contributed by atoms with van der Waals surface area (Å²) in [6.07, 6.45) is 2.45. The molecule has 3 atom stereocenters. The molecule has 1 heterocycles. The van der Waals surface area contributed by atoms with Crippen molar-refractivity contribution in [2.24, 2.45) is 11.8 Å². The van der Waals surface area contributed by atoms with E-state index in [2.05, 4.69) is 0 Å². The van der Waals surface area contributed by atoms with Crippen molar-refractivity contribution in [3.8, 4) is 0 Å². The first kappa shape index (κ1) is 13.7. The summed E-state index contributed by atoms with van der Waals surface area (Å²) in [7, 11) is 0. The van der Waals surface area contributed by atoms with Crippen LogP contribution in [0.25, 0.3) is 0 Å². The molecule has 1 saturated carbocycles. The van der Waals surface area contributed by atoms with Crippen LogP contribution in [0.15, 0.2) is 0 Å². The summed E-state index contributed by atoms with van der Waals surface area (Å²) in [5.41, 5.74) is -0.978. The molecule has 0 spiro atoms. The lowest BCUT2D eigenvalue weighted by Crippen LogP contribution is -2.44. The molecule has 1 saturated heterocycles. The maximum absolute atomic E-state index is 12.0. The summed E-state index contributed by atoms with van der Waals surface area (Å²) in [6, 6.07) is 0. The van der Waals surface area contributed by atoms with Gasteiger partial charge in [-0.15, -0.1) is 0 Å². The highest BCUT2D eigenvalue weighted by Gasteiger charge is 2.44. The molecule has 1 N–H and O–H groups in total. The zero-order valence-electron chi connectivity index (χ0n) is 11.9. The number of fused-ring (bicyclic) bond motifs is 1. The molecule has 0 bridgehead atoms. The predicted octanol–water partition coefficient (Wildman–Crippen LogP) is 2.40. The molecule has 2 fully saturated rings. The Balaban J connectivity index is 1.93. The third-order valence-electron chi connectivity index (χ3n) is 3.95. The van der Waals surface area contributed by atoms with Crippen LogP contribution in [0.3, 0.4) is 0 Å². The Bertz CT molecular complexity index is 332. The van der Waals surface area contributed by atoms with Gasteiger partial charge in [0.2, 0.25) is 0 Å². The quantitative estimate of drug-likeness (QED) is 0.723. The highest BCUT2D eigenvalue weighted by molar-refractivity contribution is 5.68. The second kappa shape index (κ2) is 4.41. The molecule has 4 nitrogen and oxygen atoms in total. The van der Waals surface area contributed by atoms with Gasteiger partial charge in [-0.2, -0.15) is 0 Å². The average Bonchev–Trinajstić information content (AvgIpc) is 2.47. The normalized spacial score (nSPS) is 36.4. The fraction of sp³-hybridized carbons (Fsp3) is 0.929. The van der Waals surface area contributed by atoms with Gasteiger partial charge >= 0.3 is 6.09 Å². The van der Waals surface area contributed by atoms with Crippen molar-refractivity contribution >= 4 is 6.09 Å². The van der Waals surface area contributed by atoms with Gasteiger partial charge in [0.1, 0.15) is 5.60 Å². The summed E-state index contributed by atoms with van der Waals surface area (Å²) < 4.78 is 5.40. The first-order valence-electron chi connectivity index (χ1n) is 6.87. The smallest absolute Gasteiger partial charge is 0.410 e. The van der Waals surface area contributed by atoms with Crippen LogP contribution in [-0.2, 0) is 4.74 Å². The highest BCUT2D eigenvalue weighted by atomic mass is 16.6. The van der Waals surface area contributed by atoms with Crippen LogP contribution in [0.1, 0.15) is 47.0 Å². The van der Waals surface area contributed by atoms with Gasteiger partial charge in [0.25, 0.3) is 0 Å². The summed E-state index contributed by atoms with van der Waals surface area (Å²) in [5.74, 6) is 1.000. The van der Waals surface area contributed by atoms with Gasteiger partial charge in [-0.3, -0.25) is 0 Å². The van der Waals surface area contributed by atoms with Gasteiger partial charge in [-0.05, 0) is 58.8 Å². The number of carbonyl (C=O) groups is 1. The van der Waals surface area contributed by atoms with E-state index in [9.17, 15) is 9.90 Å². The molecule has 2 aliphatic rings. The standard InChI is InChI=1S/C14H25NO3/c1-13(2,3)18-12(16)15-6-5-10-7-14(4,17)8-11(10)9-15/h10-11,17H,5-9H2,1-4H3/t10-,11-,14?/m0/s1. The Morgan fingerprint density at radius 1 is 1.33 bits per heavy atom. The van der Waals surface area contributed by atoms with Crippen LogP contribution in [0, 0.1) is 11.8 Å². The summed E-state index contributed by atoms with van der Waals surface area (Å²) in [5, 5.41) is 10.1. The van der Waals surface area contributed by atoms with Crippen molar-refractivity contribution in [2.75, 3.05) is 13.1 Å². The summed E-state index contributed by atoms with van der Waals surface area (Å²) >= 11 is 0. The Hall–Kier alpha value is -0.770. The lowest BCUT2D eigenvalue weighted by atomic mass is 9.89. The van der Waals surface area contributed by atoms with Gasteiger partial charge in [0.15, 0.2) is 0 Å². The molecule has 0 radical (unpaired) electrons. The molecule has 1 amide bonds. The van der Waals surface area contributed by atoms with Gasteiger partial charge in [-0.25, -0.2) is 4.79 Å². The van der Waals surface area contributed by atoms with Gasteiger partial charge in [-0.1, -0.05) is 0 Å². The highest BCUT2D eigenvalue weighted by Crippen LogP contribution is 2.43. The van der Waals surface area contributed by atoms with Crippen molar-refractivity contribution < 1.29 is 14.6 Å². The first-order valence-corrected chi connectivity index (χ1v) is 6.87. The van der Waals surface area contributed by atoms with E-state index in [0.29, 0.717) is 11.8 Å². The van der Waals surface area contributed by atoms with E-state index < -0.39 is 11.2 Å². The number of hydrogen-bond acceptors (Lipinski definition) is 3. The molecule has 0 aromatic carbocycles. The number of likely N-dealkylation sites (tertiary alicyclic amines) is 1. The Labute approximate surface area is 109 Å². The van der Waals surface area contributed by atoms with Crippen molar-refractivity contribution in [3.63, 3.8) is 0 Å². The molecule has 1 unspecified atom stereocenters. The topological polar surface area (TPSA) is 49.8 Å². The molecule has 2 rings (SSSR count). The SMILES string of the molecule is CC1(O)C[C@H]2CN(C(=O)OC(C)(C)C)CC[C@H]2C1. The second-order valence-electron chi connectivity index (χ2n) is 7.14. The minimum Gasteiger partial charge on any atom is -0.444 e. The molecule has 18 heavy (non-hydrogen) atoms. The molecule has 1 aliphatic heterocycles. The minimum atomic E-state index is -0.542. The number of nitrogens with zero attached hydrogens (tertiary/aromatic N) is 1. The Morgan fingerprint density at radius 3 is 2.56 bits per heavy atom. The van der Waals surface area contributed by atoms with Crippen molar-refractivity contribution in [1.82, 2.24) is 4.90 Å². The molecule has 0 aromatic heterocycles. The minimum absolute atomic E-state index is 0.215. The monoisotopic (exact) mass is 255 g/mol. The number of amides is 1. The molecule has 1 aliphatic carbocycles. The summed E-state index contributed by atoms with van der Waals surface area (Å²) in [4.78, 5) is 13.8. The Kier molecular flexibility index (Phi) is 3.34. The number of aliphatic hydroxyl groups is 1. The third kappa shape index (κ3) is 3.16. The molecule has 0 aromatic rings. The number of ether oxygens (including phenoxy) is 1. The van der Waals surface area contributed by atoms with Crippen LogP contribution in [0.5, 0.6) is 0 Å². The fourth-order valence-electron chi connectivity index (χ4n) is 3.29. The van der Waals surface area contributed by atoms with Crippen LogP contribution >= 0.6 is 0 Å². The summed E-state index contributed by atoms with van der Waals surface area (Å²) in [6.45, 7) is 9.05. The van der Waals surface area contributed by atoms with Gasteiger partial charge in [0.05, 0.1) is 5.60 Å². The van der Waals surface area contributed by atoms with Crippen molar-refractivity contribution in [2.45, 2.75) is 58.2 Å². The fourth-order valence-corrected chi connectivity index (χ4v) is 3.29. The zero-order chi connectivity index (χ0) is 13.6. The van der Waals surface area contributed by atoms with E-state index in [1.165, 1.54) is 0 Å². The van der Waals surface area contributed by atoms with Crippen molar-refractivity contribution in [3.05, 3.63) is 0 Å². The van der Waals surface area contributed by atoms with E-state index in [-0.39, 0.29) is 6.09 Å². The largest absolute Gasteiger partial charge is 0.444 e. The number of piperidine rings is 1. The van der Waals surface area contributed by atoms with E-state index in [1.54, 1.807) is 4.90 Å². The zero-order valence-corrected chi connectivity index (χ0v) is 11.9. The number of rotatable bonds is 0. The van der Waals surface area contributed by atoms with Crippen LogP contribution in [0.2, 0.25) is 0 Å². The van der Waals surface area contributed by atoms with Crippen molar-refractivity contribution in [1.29, 1.82) is 0 Å². The average molecular weight is 255 g/mol.